The van der Waals surface area contributed by atoms with Gasteiger partial charge in [0.1, 0.15) is 17.2 Å². The van der Waals surface area contributed by atoms with E-state index in [-0.39, 0.29) is 12.7 Å². The predicted molar refractivity (Wildman–Crippen MR) is 126 cm³/mol. The quantitative estimate of drug-likeness (QED) is 0.494. The third kappa shape index (κ3) is 4.72. The molecule has 0 saturated heterocycles. The molecule has 170 valence electrons. The van der Waals surface area contributed by atoms with Crippen molar-refractivity contribution < 1.29 is 28.5 Å². The van der Waals surface area contributed by atoms with Gasteiger partial charge in [0.25, 0.3) is 5.91 Å². The minimum absolute atomic E-state index is 0.143. The number of anilines is 1. The number of rotatable bonds is 8. The van der Waals surface area contributed by atoms with Gasteiger partial charge in [0, 0.05) is 23.7 Å². The predicted octanol–water partition coefficient (Wildman–Crippen LogP) is 4.80. The lowest BCUT2D eigenvalue weighted by atomic mass is 10.1. The molecule has 1 aliphatic heterocycles. The summed E-state index contributed by atoms with van der Waals surface area (Å²) < 4.78 is 27.1. The number of amides is 1. The maximum absolute atomic E-state index is 13.6. The molecule has 0 atom stereocenters. The maximum atomic E-state index is 13.6. The van der Waals surface area contributed by atoms with E-state index in [1.807, 2.05) is 36.4 Å². The Kier molecular flexibility index (Phi) is 6.69. The van der Waals surface area contributed by atoms with Gasteiger partial charge in [-0.15, -0.1) is 0 Å². The highest BCUT2D eigenvalue weighted by atomic mass is 16.7. The highest BCUT2D eigenvalue weighted by molar-refractivity contribution is 6.07. The van der Waals surface area contributed by atoms with Crippen LogP contribution in [-0.4, -0.2) is 40.6 Å². The second-order valence-corrected chi connectivity index (χ2v) is 7.17. The molecule has 3 aromatic rings. The second-order valence-electron chi connectivity index (χ2n) is 7.17. The summed E-state index contributed by atoms with van der Waals surface area (Å²) in [5.74, 6) is 2.87. The van der Waals surface area contributed by atoms with Crippen molar-refractivity contribution in [2.24, 2.45) is 0 Å². The van der Waals surface area contributed by atoms with Crippen LogP contribution in [0.3, 0.4) is 0 Å². The molecule has 0 unspecified atom stereocenters. The smallest absolute Gasteiger partial charge is 0.258 e. The highest BCUT2D eigenvalue weighted by Gasteiger charge is 2.23. The maximum Gasteiger partial charge on any atom is 0.258 e. The first-order chi connectivity index (χ1) is 16.1. The van der Waals surface area contributed by atoms with E-state index in [4.69, 9.17) is 23.7 Å². The highest BCUT2D eigenvalue weighted by Crippen LogP contribution is 2.36. The number of para-hydroxylation sites is 1. The Morgan fingerprint density at radius 1 is 0.909 bits per heavy atom. The Bertz CT molecular complexity index is 1170. The van der Waals surface area contributed by atoms with Crippen molar-refractivity contribution in [2.75, 3.05) is 39.6 Å². The summed E-state index contributed by atoms with van der Waals surface area (Å²) in [6, 6.07) is 18.2. The number of hydrogen-bond acceptors (Lipinski definition) is 6. The van der Waals surface area contributed by atoms with Crippen LogP contribution in [0.15, 0.2) is 66.7 Å². The average Bonchev–Trinajstić information content (AvgIpc) is 3.34. The van der Waals surface area contributed by atoms with E-state index in [1.54, 1.807) is 62.6 Å². The Morgan fingerprint density at radius 3 is 2.48 bits per heavy atom. The fourth-order valence-electron chi connectivity index (χ4n) is 3.57. The van der Waals surface area contributed by atoms with Gasteiger partial charge in [0.2, 0.25) is 6.79 Å². The number of nitrogens with zero attached hydrogens (tertiary/aromatic N) is 1. The number of benzene rings is 3. The van der Waals surface area contributed by atoms with Crippen molar-refractivity contribution in [1.82, 2.24) is 0 Å². The standard InChI is InChI=1S/C26H25NO6/c1-29-20-11-12-21(24(16-20)31-3)27(14-6-8-18-7-4-5-9-22(18)30-2)26(28)19-10-13-23-25(15-19)33-17-32-23/h4-13,15-16H,14,17H2,1-3H3/b8-6+. The molecule has 0 saturated carbocycles. The van der Waals surface area contributed by atoms with Gasteiger partial charge in [-0.1, -0.05) is 30.4 Å². The van der Waals surface area contributed by atoms with E-state index < -0.39 is 0 Å². The van der Waals surface area contributed by atoms with Gasteiger partial charge in [-0.25, -0.2) is 0 Å². The first kappa shape index (κ1) is 22.1. The summed E-state index contributed by atoms with van der Waals surface area (Å²) in [5.41, 5.74) is 2.01. The summed E-state index contributed by atoms with van der Waals surface area (Å²) in [4.78, 5) is 15.3. The molecule has 0 aromatic heterocycles. The average molecular weight is 447 g/mol. The van der Waals surface area contributed by atoms with Crippen LogP contribution in [0.25, 0.3) is 6.08 Å². The largest absolute Gasteiger partial charge is 0.497 e. The van der Waals surface area contributed by atoms with Crippen molar-refractivity contribution in [3.8, 4) is 28.7 Å². The van der Waals surface area contributed by atoms with E-state index in [1.165, 1.54) is 0 Å². The monoisotopic (exact) mass is 447 g/mol. The van der Waals surface area contributed by atoms with Crippen LogP contribution < -0.4 is 28.6 Å². The normalized spacial score (nSPS) is 12.0. The Labute approximate surface area is 192 Å². The molecule has 0 fully saturated rings. The van der Waals surface area contributed by atoms with Crippen LogP contribution >= 0.6 is 0 Å². The summed E-state index contributed by atoms with van der Waals surface area (Å²) in [6.07, 6.45) is 3.83. The van der Waals surface area contributed by atoms with Gasteiger partial charge in [-0.3, -0.25) is 4.79 Å². The molecule has 0 radical (unpaired) electrons. The zero-order valence-electron chi connectivity index (χ0n) is 18.7. The zero-order chi connectivity index (χ0) is 23.2. The van der Waals surface area contributed by atoms with Crippen LogP contribution in [0, 0.1) is 0 Å². The molecular weight excluding hydrogens is 422 g/mol. The summed E-state index contributed by atoms with van der Waals surface area (Å²) in [7, 11) is 4.77. The van der Waals surface area contributed by atoms with Crippen molar-refractivity contribution in [1.29, 1.82) is 0 Å². The summed E-state index contributed by atoms with van der Waals surface area (Å²) >= 11 is 0. The number of ether oxygens (including phenoxy) is 5. The number of carbonyl (C=O) groups excluding carboxylic acids is 1. The number of methoxy groups -OCH3 is 3. The first-order valence-corrected chi connectivity index (χ1v) is 10.4. The van der Waals surface area contributed by atoms with Crippen LogP contribution in [0.2, 0.25) is 0 Å². The Hall–Kier alpha value is -4.13. The third-order valence-corrected chi connectivity index (χ3v) is 5.27. The molecule has 0 bridgehead atoms. The summed E-state index contributed by atoms with van der Waals surface area (Å²) in [5, 5.41) is 0. The van der Waals surface area contributed by atoms with Crippen LogP contribution in [0.5, 0.6) is 28.7 Å². The zero-order valence-corrected chi connectivity index (χ0v) is 18.7. The van der Waals surface area contributed by atoms with Crippen molar-refractivity contribution >= 4 is 17.7 Å². The molecule has 4 rings (SSSR count). The van der Waals surface area contributed by atoms with Gasteiger partial charge < -0.3 is 28.6 Å². The van der Waals surface area contributed by atoms with Crippen molar-refractivity contribution in [2.45, 2.75) is 0 Å². The molecule has 0 aliphatic carbocycles. The molecule has 1 aliphatic rings. The lowest BCUT2D eigenvalue weighted by molar-refractivity contribution is 0.0988. The van der Waals surface area contributed by atoms with Crippen LogP contribution in [-0.2, 0) is 0 Å². The number of hydrogen-bond donors (Lipinski definition) is 0. The summed E-state index contributed by atoms with van der Waals surface area (Å²) in [6.45, 7) is 0.443. The van der Waals surface area contributed by atoms with E-state index in [9.17, 15) is 4.79 Å². The SMILES string of the molecule is COc1ccc(N(C/C=C/c2ccccc2OC)C(=O)c2ccc3c(c2)OCO3)c(OC)c1. The van der Waals surface area contributed by atoms with Gasteiger partial charge in [0.05, 0.1) is 27.0 Å². The number of fused-ring (bicyclic) bond motifs is 1. The molecule has 7 heteroatoms. The fraction of sp³-hybridized carbons (Fsp3) is 0.192. The van der Waals surface area contributed by atoms with E-state index in [0.717, 1.165) is 11.3 Å². The molecule has 0 spiro atoms. The second kappa shape index (κ2) is 9.99. The molecule has 1 heterocycles. The molecular formula is C26H25NO6. The lowest BCUT2D eigenvalue weighted by Gasteiger charge is -2.24. The molecule has 33 heavy (non-hydrogen) atoms. The topological polar surface area (TPSA) is 66.5 Å². The fourth-order valence-corrected chi connectivity index (χ4v) is 3.57. The third-order valence-electron chi connectivity index (χ3n) is 5.27. The van der Waals surface area contributed by atoms with Gasteiger partial charge in [-0.05, 0) is 36.4 Å². The number of carbonyl (C=O) groups is 1. The Balaban J connectivity index is 1.69. The minimum Gasteiger partial charge on any atom is -0.497 e. The molecule has 7 nitrogen and oxygen atoms in total. The van der Waals surface area contributed by atoms with Crippen LogP contribution in [0.1, 0.15) is 15.9 Å². The Morgan fingerprint density at radius 2 is 1.70 bits per heavy atom. The van der Waals surface area contributed by atoms with Gasteiger partial charge in [0.15, 0.2) is 11.5 Å². The van der Waals surface area contributed by atoms with E-state index >= 15 is 0 Å². The van der Waals surface area contributed by atoms with E-state index in [0.29, 0.717) is 40.8 Å². The van der Waals surface area contributed by atoms with Crippen molar-refractivity contribution in [3.63, 3.8) is 0 Å². The molecule has 1 amide bonds. The van der Waals surface area contributed by atoms with E-state index in [2.05, 4.69) is 0 Å². The minimum atomic E-state index is -0.207. The lowest BCUT2D eigenvalue weighted by Crippen LogP contribution is -2.31. The van der Waals surface area contributed by atoms with Gasteiger partial charge in [-0.2, -0.15) is 0 Å². The molecule has 0 N–H and O–H groups in total. The van der Waals surface area contributed by atoms with Crippen molar-refractivity contribution in [3.05, 3.63) is 77.9 Å². The van der Waals surface area contributed by atoms with Crippen LogP contribution in [0.4, 0.5) is 5.69 Å². The molecule has 3 aromatic carbocycles. The first-order valence-electron chi connectivity index (χ1n) is 10.4. The van der Waals surface area contributed by atoms with Gasteiger partial charge >= 0.3 is 0 Å².